The van der Waals surface area contributed by atoms with E-state index < -0.39 is 10.9 Å². The Balaban J connectivity index is 1.93. The van der Waals surface area contributed by atoms with Gasteiger partial charge in [0.2, 0.25) is 0 Å². The van der Waals surface area contributed by atoms with Gasteiger partial charge in [0.05, 0.1) is 10.5 Å². The molecule has 24 heavy (non-hydrogen) atoms. The van der Waals surface area contributed by atoms with Gasteiger partial charge in [-0.15, -0.1) is 0 Å². The minimum atomic E-state index is -0.788. The summed E-state index contributed by atoms with van der Waals surface area (Å²) in [7, 11) is 1.71. The Bertz CT molecular complexity index is 641. The van der Waals surface area contributed by atoms with E-state index >= 15 is 0 Å². The minimum absolute atomic E-state index is 0.0102. The van der Waals surface area contributed by atoms with Crippen LogP contribution >= 0.6 is 0 Å². The number of carbonyl (C=O) groups excluding carboxylic acids is 2. The SMILES string of the molecule is CN(C(=O)COC(=O)c1ccc(N)c([N+](=O)[O-])c1)C1CCCCC1. The fraction of sp³-hybridized carbons (Fsp3) is 0.500. The number of carbonyl (C=O) groups is 2. The van der Waals surface area contributed by atoms with Gasteiger partial charge >= 0.3 is 5.97 Å². The fourth-order valence-corrected chi connectivity index (χ4v) is 2.81. The molecule has 1 saturated carbocycles. The van der Waals surface area contributed by atoms with Crippen molar-refractivity contribution in [1.82, 2.24) is 4.90 Å². The number of nitro groups is 1. The molecule has 0 spiro atoms. The molecule has 0 atom stereocenters. The lowest BCUT2D eigenvalue weighted by Gasteiger charge is -2.31. The number of nitrogens with two attached hydrogens (primary N) is 1. The molecule has 1 fully saturated rings. The van der Waals surface area contributed by atoms with Crippen molar-refractivity contribution in [3.63, 3.8) is 0 Å². The van der Waals surface area contributed by atoms with Crippen molar-refractivity contribution in [1.29, 1.82) is 0 Å². The molecular weight excluding hydrogens is 314 g/mol. The number of rotatable bonds is 5. The summed E-state index contributed by atoms with van der Waals surface area (Å²) >= 11 is 0. The number of benzene rings is 1. The van der Waals surface area contributed by atoms with Crippen LogP contribution in [0.2, 0.25) is 0 Å². The zero-order valence-corrected chi connectivity index (χ0v) is 13.6. The zero-order chi connectivity index (χ0) is 17.7. The fourth-order valence-electron chi connectivity index (χ4n) is 2.81. The van der Waals surface area contributed by atoms with Crippen LogP contribution < -0.4 is 5.73 Å². The van der Waals surface area contributed by atoms with Crippen molar-refractivity contribution in [2.75, 3.05) is 19.4 Å². The van der Waals surface area contributed by atoms with Gasteiger partial charge in [-0.2, -0.15) is 0 Å². The minimum Gasteiger partial charge on any atom is -0.452 e. The Morgan fingerprint density at radius 3 is 2.62 bits per heavy atom. The van der Waals surface area contributed by atoms with Crippen molar-refractivity contribution in [3.05, 3.63) is 33.9 Å². The lowest BCUT2D eigenvalue weighted by molar-refractivity contribution is -0.383. The topological polar surface area (TPSA) is 116 Å². The molecule has 1 aromatic carbocycles. The van der Waals surface area contributed by atoms with Gasteiger partial charge in [-0.05, 0) is 25.0 Å². The van der Waals surface area contributed by atoms with Crippen molar-refractivity contribution in [2.24, 2.45) is 0 Å². The molecule has 2 N–H and O–H groups in total. The highest BCUT2D eigenvalue weighted by Crippen LogP contribution is 2.23. The summed E-state index contributed by atoms with van der Waals surface area (Å²) < 4.78 is 4.98. The van der Waals surface area contributed by atoms with E-state index in [1.165, 1.54) is 18.6 Å². The molecule has 8 heteroatoms. The van der Waals surface area contributed by atoms with Gasteiger partial charge < -0.3 is 15.4 Å². The largest absolute Gasteiger partial charge is 0.452 e. The second kappa shape index (κ2) is 7.76. The summed E-state index contributed by atoms with van der Waals surface area (Å²) in [5.74, 6) is -1.07. The molecule has 0 aromatic heterocycles. The summed E-state index contributed by atoms with van der Waals surface area (Å²) in [6.45, 7) is -0.385. The van der Waals surface area contributed by atoms with Crippen molar-refractivity contribution >= 4 is 23.3 Å². The van der Waals surface area contributed by atoms with Gasteiger partial charge in [-0.1, -0.05) is 19.3 Å². The maximum Gasteiger partial charge on any atom is 0.338 e. The average Bonchev–Trinajstić information content (AvgIpc) is 2.59. The quantitative estimate of drug-likeness (QED) is 0.381. The number of hydrogen-bond acceptors (Lipinski definition) is 6. The predicted octanol–water partition coefficient (Wildman–Crippen LogP) is 2.12. The molecule has 0 aliphatic heterocycles. The number of esters is 1. The lowest BCUT2D eigenvalue weighted by atomic mass is 9.94. The molecule has 0 bridgehead atoms. The molecule has 1 amide bonds. The molecule has 0 unspecified atom stereocenters. The maximum atomic E-state index is 12.1. The first-order valence-electron chi connectivity index (χ1n) is 7.87. The Hall–Kier alpha value is -2.64. The van der Waals surface area contributed by atoms with Gasteiger partial charge in [0, 0.05) is 19.2 Å². The van der Waals surface area contributed by atoms with E-state index in [9.17, 15) is 19.7 Å². The molecular formula is C16H21N3O5. The van der Waals surface area contributed by atoms with Crippen LogP contribution in [0.5, 0.6) is 0 Å². The summed E-state index contributed by atoms with van der Waals surface area (Å²) in [5, 5.41) is 10.8. The van der Waals surface area contributed by atoms with Gasteiger partial charge in [0.1, 0.15) is 5.69 Å². The van der Waals surface area contributed by atoms with Crippen LogP contribution in [-0.2, 0) is 9.53 Å². The van der Waals surface area contributed by atoms with E-state index in [4.69, 9.17) is 10.5 Å². The highest BCUT2D eigenvalue weighted by Gasteiger charge is 2.23. The molecule has 130 valence electrons. The van der Waals surface area contributed by atoms with Crippen molar-refractivity contribution in [2.45, 2.75) is 38.1 Å². The van der Waals surface area contributed by atoms with E-state index in [1.807, 2.05) is 0 Å². The monoisotopic (exact) mass is 335 g/mol. The third-order valence-electron chi connectivity index (χ3n) is 4.31. The van der Waals surface area contributed by atoms with Crippen LogP contribution in [0.4, 0.5) is 11.4 Å². The van der Waals surface area contributed by atoms with E-state index in [0.29, 0.717) is 0 Å². The molecule has 0 saturated heterocycles. The van der Waals surface area contributed by atoms with E-state index in [-0.39, 0.29) is 35.5 Å². The summed E-state index contributed by atoms with van der Waals surface area (Å²) in [6, 6.07) is 3.83. The third-order valence-corrected chi connectivity index (χ3v) is 4.31. The number of ether oxygens (including phenoxy) is 1. The molecule has 1 aliphatic carbocycles. The molecule has 0 radical (unpaired) electrons. The average molecular weight is 335 g/mol. The van der Waals surface area contributed by atoms with Crippen molar-refractivity contribution < 1.29 is 19.2 Å². The number of anilines is 1. The van der Waals surface area contributed by atoms with E-state index in [1.54, 1.807) is 11.9 Å². The maximum absolute atomic E-state index is 12.1. The Labute approximate surface area is 139 Å². The van der Waals surface area contributed by atoms with Gasteiger partial charge in [0.25, 0.3) is 11.6 Å². The van der Waals surface area contributed by atoms with E-state index in [0.717, 1.165) is 31.7 Å². The number of hydrogen-bond donors (Lipinski definition) is 1. The third kappa shape index (κ3) is 4.21. The summed E-state index contributed by atoms with van der Waals surface area (Å²) in [5.41, 5.74) is 5.07. The van der Waals surface area contributed by atoms with Crippen LogP contribution in [0.1, 0.15) is 42.5 Å². The number of likely N-dealkylation sites (N-methyl/N-ethyl adjacent to an activating group) is 1. The number of nitro benzene ring substituents is 1. The highest BCUT2D eigenvalue weighted by molar-refractivity contribution is 5.92. The number of nitrogen functional groups attached to an aromatic ring is 1. The van der Waals surface area contributed by atoms with Crippen LogP contribution in [-0.4, -0.2) is 41.4 Å². The first kappa shape index (κ1) is 17.7. The molecule has 0 heterocycles. The second-order valence-electron chi connectivity index (χ2n) is 5.90. The smallest absolute Gasteiger partial charge is 0.338 e. The summed E-state index contributed by atoms with van der Waals surface area (Å²) in [6.07, 6.45) is 5.29. The molecule has 8 nitrogen and oxygen atoms in total. The molecule has 2 rings (SSSR count). The second-order valence-corrected chi connectivity index (χ2v) is 5.90. The summed E-state index contributed by atoms with van der Waals surface area (Å²) in [4.78, 5) is 35.9. The van der Waals surface area contributed by atoms with Crippen LogP contribution in [0.25, 0.3) is 0 Å². The normalized spacial score (nSPS) is 14.9. The van der Waals surface area contributed by atoms with Crippen LogP contribution in [0, 0.1) is 10.1 Å². The standard InChI is InChI=1S/C16H21N3O5/c1-18(12-5-3-2-4-6-12)15(20)10-24-16(21)11-7-8-13(17)14(9-11)19(22)23/h7-9,12H,2-6,10,17H2,1H3. The van der Waals surface area contributed by atoms with Crippen molar-refractivity contribution in [3.8, 4) is 0 Å². The first-order chi connectivity index (χ1) is 11.4. The lowest BCUT2D eigenvalue weighted by Crippen LogP contribution is -2.40. The zero-order valence-electron chi connectivity index (χ0n) is 13.6. The van der Waals surface area contributed by atoms with Gasteiger partial charge in [-0.25, -0.2) is 4.79 Å². The van der Waals surface area contributed by atoms with Crippen LogP contribution in [0.15, 0.2) is 18.2 Å². The Kier molecular flexibility index (Phi) is 5.73. The highest BCUT2D eigenvalue weighted by atomic mass is 16.6. The van der Waals surface area contributed by atoms with Gasteiger partial charge in [0.15, 0.2) is 6.61 Å². The first-order valence-corrected chi connectivity index (χ1v) is 7.87. The van der Waals surface area contributed by atoms with Crippen LogP contribution in [0.3, 0.4) is 0 Å². The number of amides is 1. The molecule has 1 aromatic rings. The predicted molar refractivity (Wildman–Crippen MR) is 87.4 cm³/mol. The van der Waals surface area contributed by atoms with E-state index in [2.05, 4.69) is 0 Å². The Morgan fingerprint density at radius 1 is 1.33 bits per heavy atom. The number of nitrogens with zero attached hydrogens (tertiary/aromatic N) is 2. The van der Waals surface area contributed by atoms with Gasteiger partial charge in [-0.3, -0.25) is 14.9 Å². The Morgan fingerprint density at radius 2 is 2.00 bits per heavy atom. The molecule has 1 aliphatic rings.